The van der Waals surface area contributed by atoms with E-state index in [0.717, 1.165) is 11.1 Å². The highest BCUT2D eigenvalue weighted by Crippen LogP contribution is 2.22. The van der Waals surface area contributed by atoms with Gasteiger partial charge < -0.3 is 5.32 Å². The standard InChI is InChI=1S/C21H17Cl2N3O2S/c1-13(25-26-20(27)12-14-2-6-16(22)7-3-14)15-4-8-17(9-5-15)24-21(28)18-10-11-19(23)29-18/h2-11H,12H2,1H3,(H,24,28)(H,26,27)/b25-13-. The summed E-state index contributed by atoms with van der Waals surface area (Å²) in [6.07, 6.45) is 0.214. The van der Waals surface area contributed by atoms with Gasteiger partial charge in [-0.2, -0.15) is 5.10 Å². The number of carbonyl (C=O) groups excluding carboxylic acids is 2. The van der Waals surface area contributed by atoms with Crippen LogP contribution in [0.3, 0.4) is 0 Å². The van der Waals surface area contributed by atoms with Crippen LogP contribution in [0.5, 0.6) is 0 Å². The van der Waals surface area contributed by atoms with Gasteiger partial charge >= 0.3 is 0 Å². The molecule has 0 fully saturated rings. The zero-order chi connectivity index (χ0) is 20.8. The molecule has 0 saturated carbocycles. The average molecular weight is 446 g/mol. The molecule has 29 heavy (non-hydrogen) atoms. The largest absolute Gasteiger partial charge is 0.321 e. The molecule has 2 N–H and O–H groups in total. The minimum absolute atomic E-state index is 0.213. The Morgan fingerprint density at radius 1 is 0.966 bits per heavy atom. The van der Waals surface area contributed by atoms with Crippen molar-refractivity contribution in [1.29, 1.82) is 0 Å². The van der Waals surface area contributed by atoms with Gasteiger partial charge in [-0.1, -0.05) is 47.5 Å². The Morgan fingerprint density at radius 2 is 1.66 bits per heavy atom. The van der Waals surface area contributed by atoms with E-state index < -0.39 is 0 Å². The summed E-state index contributed by atoms with van der Waals surface area (Å²) < 4.78 is 0.565. The summed E-state index contributed by atoms with van der Waals surface area (Å²) in [6, 6.07) is 17.6. The lowest BCUT2D eigenvalue weighted by Gasteiger charge is -2.06. The van der Waals surface area contributed by atoms with Gasteiger partial charge in [0.2, 0.25) is 5.91 Å². The third-order valence-electron chi connectivity index (χ3n) is 3.98. The van der Waals surface area contributed by atoms with Crippen LogP contribution in [0.4, 0.5) is 5.69 Å². The molecule has 0 aliphatic carbocycles. The van der Waals surface area contributed by atoms with Crippen LogP contribution in [-0.4, -0.2) is 17.5 Å². The van der Waals surface area contributed by atoms with E-state index in [9.17, 15) is 9.59 Å². The molecule has 3 rings (SSSR count). The van der Waals surface area contributed by atoms with E-state index in [4.69, 9.17) is 23.2 Å². The van der Waals surface area contributed by atoms with Crippen LogP contribution >= 0.6 is 34.5 Å². The molecule has 0 aliphatic heterocycles. The zero-order valence-corrected chi connectivity index (χ0v) is 17.7. The van der Waals surface area contributed by atoms with Crippen molar-refractivity contribution in [2.45, 2.75) is 13.3 Å². The van der Waals surface area contributed by atoms with Crippen molar-refractivity contribution in [3.8, 4) is 0 Å². The number of thiophene rings is 1. The van der Waals surface area contributed by atoms with Crippen LogP contribution in [0.25, 0.3) is 0 Å². The molecule has 1 heterocycles. The molecular formula is C21H17Cl2N3O2S. The lowest BCUT2D eigenvalue weighted by atomic mass is 10.1. The Bertz CT molecular complexity index is 1040. The summed E-state index contributed by atoms with van der Waals surface area (Å²) in [5.41, 5.74) is 5.54. The number of hydrogen-bond acceptors (Lipinski definition) is 4. The van der Waals surface area contributed by atoms with Crippen LogP contribution in [0.15, 0.2) is 65.8 Å². The van der Waals surface area contributed by atoms with Crippen LogP contribution in [0, 0.1) is 0 Å². The first kappa shape index (κ1) is 21.0. The van der Waals surface area contributed by atoms with Gasteiger partial charge in [-0.25, -0.2) is 5.43 Å². The maximum absolute atomic E-state index is 12.2. The normalized spacial score (nSPS) is 11.2. The quantitative estimate of drug-likeness (QED) is 0.394. The number of nitrogens with one attached hydrogen (secondary N) is 2. The van der Waals surface area contributed by atoms with E-state index in [1.165, 1.54) is 11.3 Å². The van der Waals surface area contributed by atoms with E-state index in [1.54, 1.807) is 55.5 Å². The summed E-state index contributed by atoms with van der Waals surface area (Å²) >= 11 is 12.9. The lowest BCUT2D eigenvalue weighted by Crippen LogP contribution is -2.21. The summed E-state index contributed by atoms with van der Waals surface area (Å²) in [6.45, 7) is 1.80. The summed E-state index contributed by atoms with van der Waals surface area (Å²) in [4.78, 5) is 24.7. The van der Waals surface area contributed by atoms with Gasteiger partial charge in [0.1, 0.15) is 0 Å². The number of benzene rings is 2. The highest BCUT2D eigenvalue weighted by Gasteiger charge is 2.09. The lowest BCUT2D eigenvalue weighted by molar-refractivity contribution is -0.120. The van der Waals surface area contributed by atoms with Crippen molar-refractivity contribution in [2.75, 3.05) is 5.32 Å². The number of amides is 2. The van der Waals surface area contributed by atoms with Gasteiger partial charge in [0.25, 0.3) is 5.91 Å². The first-order chi connectivity index (χ1) is 13.9. The van der Waals surface area contributed by atoms with E-state index in [0.29, 0.717) is 25.6 Å². The second-order valence-corrected chi connectivity index (χ2v) is 8.32. The maximum atomic E-state index is 12.2. The van der Waals surface area contributed by atoms with Crippen molar-refractivity contribution in [2.24, 2.45) is 5.10 Å². The van der Waals surface area contributed by atoms with Crippen molar-refractivity contribution < 1.29 is 9.59 Å². The summed E-state index contributed by atoms with van der Waals surface area (Å²) in [5, 5.41) is 7.58. The number of nitrogens with zero attached hydrogens (tertiary/aromatic N) is 1. The van der Waals surface area contributed by atoms with Crippen molar-refractivity contribution >= 4 is 57.8 Å². The van der Waals surface area contributed by atoms with Gasteiger partial charge in [-0.15, -0.1) is 11.3 Å². The molecule has 1 aromatic heterocycles. The number of hydrazone groups is 1. The Balaban J connectivity index is 1.56. The fraction of sp³-hybridized carbons (Fsp3) is 0.0952. The number of halogens is 2. The molecule has 5 nitrogen and oxygen atoms in total. The molecule has 2 amide bonds. The second kappa shape index (κ2) is 9.69. The molecule has 0 bridgehead atoms. The topological polar surface area (TPSA) is 70.6 Å². The van der Waals surface area contributed by atoms with E-state index in [2.05, 4.69) is 15.8 Å². The predicted molar refractivity (Wildman–Crippen MR) is 119 cm³/mol. The molecule has 0 atom stereocenters. The molecular weight excluding hydrogens is 429 g/mol. The van der Waals surface area contributed by atoms with E-state index in [-0.39, 0.29) is 18.2 Å². The van der Waals surface area contributed by atoms with Crippen LogP contribution in [0.1, 0.15) is 27.7 Å². The van der Waals surface area contributed by atoms with Gasteiger partial charge in [0, 0.05) is 10.7 Å². The van der Waals surface area contributed by atoms with Crippen LogP contribution in [0.2, 0.25) is 9.36 Å². The zero-order valence-electron chi connectivity index (χ0n) is 15.4. The molecule has 8 heteroatoms. The Hall–Kier alpha value is -2.67. The third kappa shape index (κ3) is 6.15. The van der Waals surface area contributed by atoms with Gasteiger partial charge in [-0.3, -0.25) is 9.59 Å². The minimum atomic E-state index is -0.217. The Kier molecular flexibility index (Phi) is 7.04. The fourth-order valence-corrected chi connectivity index (χ4v) is 3.53. The van der Waals surface area contributed by atoms with Gasteiger partial charge in [-0.05, 0) is 54.4 Å². The second-order valence-electron chi connectivity index (χ2n) is 6.17. The fourth-order valence-electron chi connectivity index (χ4n) is 2.46. The number of anilines is 1. The average Bonchev–Trinajstić information content (AvgIpc) is 3.15. The third-order valence-corrected chi connectivity index (χ3v) is 5.47. The molecule has 2 aromatic carbocycles. The van der Waals surface area contributed by atoms with Gasteiger partial charge in [0.05, 0.1) is 21.3 Å². The van der Waals surface area contributed by atoms with Crippen molar-refractivity contribution in [3.05, 3.63) is 86.0 Å². The molecule has 0 spiro atoms. The van der Waals surface area contributed by atoms with Crippen molar-refractivity contribution in [3.63, 3.8) is 0 Å². The molecule has 148 valence electrons. The molecule has 0 saturated heterocycles. The number of carbonyl (C=O) groups is 2. The van der Waals surface area contributed by atoms with Crippen LogP contribution in [-0.2, 0) is 11.2 Å². The Labute approximate surface area is 182 Å². The number of rotatable bonds is 6. The first-order valence-corrected chi connectivity index (χ1v) is 10.2. The molecule has 0 radical (unpaired) electrons. The predicted octanol–water partition coefficient (Wildman–Crippen LogP) is 5.39. The highest BCUT2D eigenvalue weighted by atomic mass is 35.5. The van der Waals surface area contributed by atoms with Crippen molar-refractivity contribution in [1.82, 2.24) is 5.43 Å². The number of hydrogen-bond donors (Lipinski definition) is 2. The first-order valence-electron chi connectivity index (χ1n) is 8.65. The summed E-state index contributed by atoms with van der Waals surface area (Å²) in [7, 11) is 0. The van der Waals surface area contributed by atoms with E-state index >= 15 is 0 Å². The van der Waals surface area contributed by atoms with Gasteiger partial charge in [0.15, 0.2) is 0 Å². The minimum Gasteiger partial charge on any atom is -0.321 e. The molecule has 3 aromatic rings. The summed E-state index contributed by atoms with van der Waals surface area (Å²) in [5.74, 6) is -0.431. The maximum Gasteiger partial charge on any atom is 0.265 e. The van der Waals surface area contributed by atoms with E-state index in [1.807, 2.05) is 12.1 Å². The smallest absolute Gasteiger partial charge is 0.265 e. The highest BCUT2D eigenvalue weighted by molar-refractivity contribution is 7.18. The Morgan fingerprint density at radius 3 is 2.28 bits per heavy atom. The SMILES string of the molecule is C/C(=N/NC(=O)Cc1ccc(Cl)cc1)c1ccc(NC(=O)c2ccc(Cl)s2)cc1. The molecule has 0 aliphatic rings. The molecule has 0 unspecified atom stereocenters. The van der Waals surface area contributed by atoms with Crippen LogP contribution < -0.4 is 10.7 Å². The monoisotopic (exact) mass is 445 g/mol.